The van der Waals surface area contributed by atoms with Crippen LogP contribution in [-0.2, 0) is 35.5 Å². The maximum absolute atomic E-state index is 12.6. The fourth-order valence-electron chi connectivity index (χ4n) is 5.67. The first-order valence-corrected chi connectivity index (χ1v) is 18.5. The van der Waals surface area contributed by atoms with E-state index in [4.69, 9.17) is 37.9 Å². The Morgan fingerprint density at radius 2 is 1.29 bits per heavy atom. The topological polar surface area (TPSA) is 198 Å². The summed E-state index contributed by atoms with van der Waals surface area (Å²) < 4.78 is 5.04. The Balaban J connectivity index is 0.000000262. The Morgan fingerprint density at radius 1 is 0.821 bits per heavy atom. The van der Waals surface area contributed by atoms with Gasteiger partial charge in [0.05, 0.1) is 25.3 Å². The Labute approximate surface area is 336 Å². The molecule has 0 saturated heterocycles. The molecule has 2 aliphatic rings. The van der Waals surface area contributed by atoms with Gasteiger partial charge < -0.3 is 30.3 Å². The van der Waals surface area contributed by atoms with Crippen molar-refractivity contribution in [2.75, 3.05) is 37.4 Å². The van der Waals surface area contributed by atoms with Gasteiger partial charge in [-0.15, -0.1) is 0 Å². The van der Waals surface area contributed by atoms with Gasteiger partial charge in [0.2, 0.25) is 0 Å². The summed E-state index contributed by atoms with van der Waals surface area (Å²) in [5, 5.41) is 30.5. The highest BCUT2D eigenvalue weighted by Crippen LogP contribution is 2.24. The van der Waals surface area contributed by atoms with Crippen LogP contribution >= 0.6 is 23.2 Å². The zero-order valence-corrected chi connectivity index (χ0v) is 33.1. The van der Waals surface area contributed by atoms with E-state index in [1.165, 1.54) is 5.06 Å². The number of benzene rings is 2. The minimum Gasteiger partial charge on any atom is -0.476 e. The summed E-state index contributed by atoms with van der Waals surface area (Å²) in [7, 11) is 1.55. The van der Waals surface area contributed by atoms with Gasteiger partial charge in [0.1, 0.15) is 0 Å². The number of anilines is 2. The number of aromatic nitrogens is 4. The van der Waals surface area contributed by atoms with Gasteiger partial charge >= 0.3 is 18.0 Å². The molecule has 18 heteroatoms. The van der Waals surface area contributed by atoms with Crippen LogP contribution in [0.3, 0.4) is 0 Å². The van der Waals surface area contributed by atoms with Crippen LogP contribution in [-0.4, -0.2) is 103 Å². The predicted molar refractivity (Wildman–Crippen MR) is 215 cm³/mol. The number of urea groups is 2. The van der Waals surface area contributed by atoms with Gasteiger partial charge in [-0.2, -0.15) is 10.2 Å². The summed E-state index contributed by atoms with van der Waals surface area (Å²) in [6.45, 7) is 12.1. The van der Waals surface area contributed by atoms with Crippen LogP contribution in [0.5, 0.6) is 0 Å². The molecule has 0 atom stereocenters. The number of rotatable bonds is 8. The van der Waals surface area contributed by atoms with Gasteiger partial charge in [-0.25, -0.2) is 19.4 Å². The summed E-state index contributed by atoms with van der Waals surface area (Å²) in [4.78, 5) is 57.2. The average Bonchev–Trinajstić information content (AvgIpc) is 3.76. The van der Waals surface area contributed by atoms with E-state index in [1.54, 1.807) is 65.4 Å². The van der Waals surface area contributed by atoms with Crippen molar-refractivity contribution in [1.82, 2.24) is 35.3 Å². The molecule has 304 valence electrons. The molecule has 5 amide bonds. The monoisotopic (exact) mass is 815 g/mol. The standard InChI is InChI=1S/C18H22ClN5O3.C14H13ClN4O3.C5H12O.CH4/c1-11(2)27-23(3)17(25)16-14-10-24(8-7-15(14)21-22-16)18(26)20-13-6-4-5-12(19)9-13;15-8-2-1-3-9(6-8)16-14(22)19-5-4-11-10(7-19)12(13(20)21)18-17-11;1-4-6-5(2)3;/h4-6,9,11H,7-8,10H2,1-3H3,(H,20,26)(H,21,22);1-3,6H,4-5,7H2,(H,16,22)(H,17,18)(H,20,21);5H,4H2,1-3H3;1H4. The van der Waals surface area contributed by atoms with E-state index < -0.39 is 5.97 Å². The average molecular weight is 817 g/mol. The number of hydrogen-bond donors (Lipinski definition) is 5. The zero-order valence-electron chi connectivity index (χ0n) is 31.6. The highest BCUT2D eigenvalue weighted by molar-refractivity contribution is 6.31. The number of halogens is 2. The molecule has 0 saturated carbocycles. The molecule has 2 aliphatic heterocycles. The lowest BCUT2D eigenvalue weighted by molar-refractivity contribution is -0.136. The molecule has 2 aromatic carbocycles. The van der Waals surface area contributed by atoms with Gasteiger partial charge in [-0.05, 0) is 71.0 Å². The van der Waals surface area contributed by atoms with Crippen molar-refractivity contribution in [2.45, 2.75) is 80.2 Å². The number of fused-ring (bicyclic) bond motifs is 2. The molecule has 6 rings (SSSR count). The number of ether oxygens (including phenoxy) is 1. The van der Waals surface area contributed by atoms with E-state index in [9.17, 15) is 19.2 Å². The molecule has 5 N–H and O–H groups in total. The number of carbonyl (C=O) groups excluding carboxylic acids is 3. The zero-order chi connectivity index (χ0) is 40.2. The van der Waals surface area contributed by atoms with Crippen LogP contribution in [0.25, 0.3) is 0 Å². The fourth-order valence-corrected chi connectivity index (χ4v) is 6.06. The van der Waals surface area contributed by atoms with Crippen LogP contribution in [0.4, 0.5) is 21.0 Å². The molecule has 2 aromatic heterocycles. The number of carbonyl (C=O) groups is 4. The van der Waals surface area contributed by atoms with Gasteiger partial charge in [-0.3, -0.25) is 19.8 Å². The lowest BCUT2D eigenvalue weighted by Gasteiger charge is -2.27. The van der Waals surface area contributed by atoms with Crippen molar-refractivity contribution in [3.8, 4) is 0 Å². The second-order valence-electron chi connectivity index (χ2n) is 13.0. The maximum atomic E-state index is 12.6. The first-order chi connectivity index (χ1) is 26.2. The van der Waals surface area contributed by atoms with Crippen LogP contribution in [0.1, 0.15) is 85.5 Å². The molecule has 0 aliphatic carbocycles. The van der Waals surface area contributed by atoms with Gasteiger partial charge in [-0.1, -0.05) is 42.8 Å². The lowest BCUT2D eigenvalue weighted by atomic mass is 10.1. The minimum atomic E-state index is -1.10. The van der Waals surface area contributed by atoms with E-state index in [-0.39, 0.29) is 56.0 Å². The third-order valence-electron chi connectivity index (χ3n) is 8.15. The highest BCUT2D eigenvalue weighted by atomic mass is 35.5. The Morgan fingerprint density at radius 3 is 1.68 bits per heavy atom. The largest absolute Gasteiger partial charge is 0.476 e. The quantitative estimate of drug-likeness (QED) is 0.112. The van der Waals surface area contributed by atoms with E-state index in [2.05, 4.69) is 31.0 Å². The number of amides is 5. The second kappa shape index (κ2) is 21.2. The number of carboxylic acids is 1. The number of aromatic carboxylic acids is 1. The number of H-pyrrole nitrogens is 2. The second-order valence-corrected chi connectivity index (χ2v) is 13.9. The SMILES string of the molecule is C.CC(C)ON(C)C(=O)c1n[nH]c2c1CN(C(=O)Nc1cccc(Cl)c1)CC2.CCOC(C)C.O=C(O)c1n[nH]c2c1CN(C(=O)Nc1cccc(Cl)c1)CC2. The van der Waals surface area contributed by atoms with Crippen molar-refractivity contribution < 1.29 is 33.9 Å². The van der Waals surface area contributed by atoms with Gasteiger partial charge in [0.15, 0.2) is 11.4 Å². The molecule has 0 bridgehead atoms. The van der Waals surface area contributed by atoms with E-state index in [0.717, 1.165) is 18.0 Å². The predicted octanol–water partition coefficient (Wildman–Crippen LogP) is 7.48. The molecule has 56 heavy (non-hydrogen) atoms. The molecule has 4 heterocycles. The Kier molecular flexibility index (Phi) is 17.1. The van der Waals surface area contributed by atoms with E-state index in [0.29, 0.717) is 64.6 Å². The van der Waals surface area contributed by atoms with E-state index in [1.807, 2.05) is 34.6 Å². The summed E-state index contributed by atoms with van der Waals surface area (Å²) >= 11 is 11.8. The Hall–Kier alpha value is -5.16. The molecule has 0 spiro atoms. The van der Waals surface area contributed by atoms with E-state index >= 15 is 0 Å². The summed E-state index contributed by atoms with van der Waals surface area (Å²) in [6.07, 6.45) is 1.40. The molecule has 0 radical (unpaired) electrons. The number of hydroxylamine groups is 2. The molecular formula is C38H51Cl2N9O7. The van der Waals surface area contributed by atoms with Crippen LogP contribution in [0.2, 0.25) is 10.0 Å². The van der Waals surface area contributed by atoms with Crippen LogP contribution in [0, 0.1) is 0 Å². The van der Waals surface area contributed by atoms with Crippen molar-refractivity contribution in [1.29, 1.82) is 0 Å². The molecule has 0 unspecified atom stereocenters. The summed E-state index contributed by atoms with van der Waals surface area (Å²) in [5.41, 5.74) is 4.35. The van der Waals surface area contributed by atoms with Crippen molar-refractivity contribution in [3.05, 3.63) is 92.5 Å². The minimum absolute atomic E-state index is 0. The normalized spacial score (nSPS) is 12.9. The summed E-state index contributed by atoms with van der Waals surface area (Å²) in [5.74, 6) is -1.45. The number of nitrogens with one attached hydrogen (secondary N) is 4. The number of hydrogen-bond acceptors (Lipinski definition) is 8. The van der Waals surface area contributed by atoms with Crippen molar-refractivity contribution >= 4 is 58.5 Å². The van der Waals surface area contributed by atoms with Gasteiger partial charge in [0.25, 0.3) is 5.91 Å². The third-order valence-corrected chi connectivity index (χ3v) is 8.62. The molecule has 4 aromatic rings. The number of carboxylic acid groups (broad SMARTS) is 1. The fraction of sp³-hybridized carbons (Fsp3) is 0.421. The third kappa shape index (κ3) is 12.7. The molecule has 0 fully saturated rings. The van der Waals surface area contributed by atoms with Crippen molar-refractivity contribution in [2.24, 2.45) is 0 Å². The van der Waals surface area contributed by atoms with Crippen LogP contribution in [0.15, 0.2) is 48.5 Å². The maximum Gasteiger partial charge on any atom is 0.356 e. The molecule has 16 nitrogen and oxygen atoms in total. The first kappa shape index (κ1) is 45.2. The number of aromatic amines is 2. The summed E-state index contributed by atoms with van der Waals surface area (Å²) in [6, 6.07) is 13.2. The van der Waals surface area contributed by atoms with Crippen LogP contribution < -0.4 is 10.6 Å². The smallest absolute Gasteiger partial charge is 0.356 e. The van der Waals surface area contributed by atoms with Crippen molar-refractivity contribution in [3.63, 3.8) is 0 Å². The van der Waals surface area contributed by atoms with Gasteiger partial charge in [0, 0.05) is 83.5 Å². The lowest BCUT2D eigenvalue weighted by Crippen LogP contribution is -2.39. The molecular weight excluding hydrogens is 765 g/mol. The number of nitrogens with zero attached hydrogens (tertiary/aromatic N) is 5. The first-order valence-electron chi connectivity index (χ1n) is 17.7. The Bertz CT molecular complexity index is 1950. The highest BCUT2D eigenvalue weighted by Gasteiger charge is 2.30.